The van der Waals surface area contributed by atoms with Crippen molar-refractivity contribution in [3.8, 4) is 5.75 Å². The maximum atomic E-state index is 12.7. The Morgan fingerprint density at radius 3 is 2.61 bits per heavy atom. The molecule has 0 saturated heterocycles. The second kappa shape index (κ2) is 9.79. The van der Waals surface area contributed by atoms with E-state index >= 15 is 0 Å². The molecule has 2 aromatic carbocycles. The molecule has 6 nitrogen and oxygen atoms in total. The standard InChI is InChI=1S/C25H30N2O4/c1-6-27(15-24(28)26-21-9-7-8-10-22(21)30-5)14-18-12-25(29)31-23-11-17(4)19(16(2)3)13-20(18)23/h7-13,16H,6,14-15H2,1-5H3,(H,26,28). The van der Waals surface area contributed by atoms with Crippen molar-refractivity contribution in [3.05, 3.63) is 69.6 Å². The number of benzene rings is 2. The molecule has 0 fully saturated rings. The van der Waals surface area contributed by atoms with Crippen molar-refractivity contribution in [3.63, 3.8) is 0 Å². The zero-order chi connectivity index (χ0) is 22.5. The van der Waals surface area contributed by atoms with Crippen LogP contribution in [-0.4, -0.2) is 31.0 Å². The number of aryl methyl sites for hydroxylation is 1. The van der Waals surface area contributed by atoms with Gasteiger partial charge in [0, 0.05) is 18.0 Å². The summed E-state index contributed by atoms with van der Waals surface area (Å²) in [4.78, 5) is 26.8. The molecule has 1 aromatic heterocycles. The summed E-state index contributed by atoms with van der Waals surface area (Å²) in [5.41, 5.74) is 4.02. The average molecular weight is 423 g/mol. The molecule has 3 rings (SSSR count). The molecule has 0 spiro atoms. The fraction of sp³-hybridized carbons (Fsp3) is 0.360. The third-order valence-corrected chi connectivity index (χ3v) is 5.43. The van der Waals surface area contributed by atoms with Crippen molar-refractivity contribution in [1.82, 2.24) is 4.90 Å². The topological polar surface area (TPSA) is 71.8 Å². The van der Waals surface area contributed by atoms with Crippen LogP contribution in [0.2, 0.25) is 0 Å². The smallest absolute Gasteiger partial charge is 0.336 e. The molecule has 0 aliphatic heterocycles. The third kappa shape index (κ3) is 5.33. The zero-order valence-electron chi connectivity index (χ0n) is 18.8. The predicted octanol–water partition coefficient (Wildman–Crippen LogP) is 4.69. The van der Waals surface area contributed by atoms with Crippen LogP contribution in [0.1, 0.15) is 43.4 Å². The molecule has 1 N–H and O–H groups in total. The fourth-order valence-corrected chi connectivity index (χ4v) is 3.81. The summed E-state index contributed by atoms with van der Waals surface area (Å²) < 4.78 is 10.8. The molecule has 0 radical (unpaired) electrons. The predicted molar refractivity (Wildman–Crippen MR) is 124 cm³/mol. The van der Waals surface area contributed by atoms with E-state index in [9.17, 15) is 9.59 Å². The van der Waals surface area contributed by atoms with Crippen molar-refractivity contribution in [1.29, 1.82) is 0 Å². The lowest BCUT2D eigenvalue weighted by atomic mass is 9.95. The van der Waals surface area contributed by atoms with Gasteiger partial charge in [-0.25, -0.2) is 4.79 Å². The van der Waals surface area contributed by atoms with Gasteiger partial charge < -0.3 is 14.5 Å². The van der Waals surface area contributed by atoms with E-state index in [1.807, 2.05) is 36.9 Å². The number of rotatable bonds is 8. The Balaban J connectivity index is 1.84. The first-order chi connectivity index (χ1) is 14.8. The van der Waals surface area contributed by atoms with E-state index in [-0.39, 0.29) is 18.1 Å². The van der Waals surface area contributed by atoms with Crippen LogP contribution in [0.4, 0.5) is 5.69 Å². The lowest BCUT2D eigenvalue weighted by Crippen LogP contribution is -2.33. The number of methoxy groups -OCH3 is 1. The van der Waals surface area contributed by atoms with Crippen LogP contribution < -0.4 is 15.7 Å². The van der Waals surface area contributed by atoms with Crippen LogP contribution in [0.5, 0.6) is 5.75 Å². The number of amides is 1. The molecule has 0 unspecified atom stereocenters. The van der Waals surface area contributed by atoms with E-state index in [1.165, 1.54) is 11.6 Å². The van der Waals surface area contributed by atoms with Gasteiger partial charge in [-0.2, -0.15) is 0 Å². The van der Waals surface area contributed by atoms with E-state index in [2.05, 4.69) is 25.2 Å². The number of para-hydroxylation sites is 2. The van der Waals surface area contributed by atoms with Gasteiger partial charge in [0.25, 0.3) is 0 Å². The second-order valence-electron chi connectivity index (χ2n) is 8.00. The number of carbonyl (C=O) groups excluding carboxylic acids is 1. The quantitative estimate of drug-likeness (QED) is 0.533. The molecular formula is C25H30N2O4. The van der Waals surface area contributed by atoms with Crippen molar-refractivity contribution < 1.29 is 13.9 Å². The molecule has 0 saturated carbocycles. The van der Waals surface area contributed by atoms with Gasteiger partial charge in [0.2, 0.25) is 5.91 Å². The lowest BCUT2D eigenvalue weighted by Gasteiger charge is -2.21. The van der Waals surface area contributed by atoms with Gasteiger partial charge in [-0.1, -0.05) is 32.9 Å². The molecule has 164 valence electrons. The summed E-state index contributed by atoms with van der Waals surface area (Å²) in [7, 11) is 1.57. The first-order valence-electron chi connectivity index (χ1n) is 10.5. The number of nitrogens with one attached hydrogen (secondary N) is 1. The van der Waals surface area contributed by atoms with E-state index in [4.69, 9.17) is 9.15 Å². The summed E-state index contributed by atoms with van der Waals surface area (Å²) in [6, 6.07) is 12.9. The van der Waals surface area contributed by atoms with Gasteiger partial charge in [-0.3, -0.25) is 9.69 Å². The monoisotopic (exact) mass is 422 g/mol. The summed E-state index contributed by atoms with van der Waals surface area (Å²) in [6.07, 6.45) is 0. The van der Waals surface area contributed by atoms with Gasteiger partial charge >= 0.3 is 5.63 Å². The zero-order valence-corrected chi connectivity index (χ0v) is 18.8. The normalized spacial score (nSPS) is 11.3. The average Bonchev–Trinajstić information content (AvgIpc) is 2.72. The van der Waals surface area contributed by atoms with Crippen LogP contribution in [0.15, 0.2) is 51.7 Å². The molecule has 0 aliphatic carbocycles. The highest BCUT2D eigenvalue weighted by molar-refractivity contribution is 5.93. The van der Waals surface area contributed by atoms with Gasteiger partial charge in [-0.05, 0) is 60.3 Å². The number of nitrogens with zero attached hydrogens (tertiary/aromatic N) is 1. The van der Waals surface area contributed by atoms with E-state index in [0.717, 1.165) is 16.5 Å². The number of fused-ring (bicyclic) bond motifs is 1. The molecular weight excluding hydrogens is 392 g/mol. The highest BCUT2D eigenvalue weighted by atomic mass is 16.5. The summed E-state index contributed by atoms with van der Waals surface area (Å²) >= 11 is 0. The molecule has 0 atom stereocenters. The number of carbonyl (C=O) groups is 1. The Bertz CT molecular complexity index is 1130. The van der Waals surface area contributed by atoms with E-state index in [1.54, 1.807) is 19.2 Å². The van der Waals surface area contributed by atoms with Crippen LogP contribution in [0.25, 0.3) is 11.0 Å². The maximum absolute atomic E-state index is 12.7. The Kier molecular flexibility index (Phi) is 7.13. The van der Waals surface area contributed by atoms with E-state index < -0.39 is 0 Å². The lowest BCUT2D eigenvalue weighted by molar-refractivity contribution is -0.117. The Morgan fingerprint density at radius 1 is 1.19 bits per heavy atom. The number of hydrogen-bond donors (Lipinski definition) is 1. The number of likely N-dealkylation sites (N-methyl/N-ethyl adjacent to an activating group) is 1. The largest absolute Gasteiger partial charge is 0.495 e. The van der Waals surface area contributed by atoms with Crippen LogP contribution in [-0.2, 0) is 11.3 Å². The minimum Gasteiger partial charge on any atom is -0.495 e. The molecule has 6 heteroatoms. The summed E-state index contributed by atoms with van der Waals surface area (Å²) in [6.45, 7) is 9.64. The number of ether oxygens (including phenoxy) is 1. The van der Waals surface area contributed by atoms with Crippen LogP contribution in [0.3, 0.4) is 0 Å². The van der Waals surface area contributed by atoms with Crippen molar-refractivity contribution in [2.24, 2.45) is 0 Å². The van der Waals surface area contributed by atoms with Crippen molar-refractivity contribution in [2.45, 2.75) is 40.2 Å². The van der Waals surface area contributed by atoms with Gasteiger partial charge in [0.1, 0.15) is 11.3 Å². The molecule has 0 aliphatic rings. The van der Waals surface area contributed by atoms with Gasteiger partial charge in [0.05, 0.1) is 19.3 Å². The maximum Gasteiger partial charge on any atom is 0.336 e. The molecule has 1 heterocycles. The van der Waals surface area contributed by atoms with E-state index in [0.29, 0.717) is 36.0 Å². The molecule has 31 heavy (non-hydrogen) atoms. The van der Waals surface area contributed by atoms with Crippen molar-refractivity contribution >= 4 is 22.6 Å². The SMILES string of the molecule is CCN(CC(=O)Nc1ccccc1OC)Cc1cc(=O)oc2cc(C)c(C(C)C)cc12. The third-order valence-electron chi connectivity index (χ3n) is 5.43. The first-order valence-corrected chi connectivity index (χ1v) is 10.5. The number of hydrogen-bond acceptors (Lipinski definition) is 5. The Morgan fingerprint density at radius 2 is 1.94 bits per heavy atom. The van der Waals surface area contributed by atoms with Gasteiger partial charge in [0.15, 0.2) is 0 Å². The molecule has 3 aromatic rings. The van der Waals surface area contributed by atoms with Crippen LogP contribution >= 0.6 is 0 Å². The summed E-state index contributed by atoms with van der Waals surface area (Å²) in [5.74, 6) is 0.831. The minimum absolute atomic E-state index is 0.141. The Labute approximate surface area is 182 Å². The second-order valence-corrected chi connectivity index (χ2v) is 8.00. The number of anilines is 1. The summed E-state index contributed by atoms with van der Waals surface area (Å²) in [5, 5.41) is 3.82. The molecule has 0 bridgehead atoms. The molecule has 1 amide bonds. The van der Waals surface area contributed by atoms with Crippen molar-refractivity contribution in [2.75, 3.05) is 25.5 Å². The Hall–Kier alpha value is -3.12. The highest BCUT2D eigenvalue weighted by Crippen LogP contribution is 2.27. The first kappa shape index (κ1) is 22.6. The van der Waals surface area contributed by atoms with Gasteiger partial charge in [-0.15, -0.1) is 0 Å². The minimum atomic E-state index is -0.381. The highest BCUT2D eigenvalue weighted by Gasteiger charge is 2.16. The van der Waals surface area contributed by atoms with Crippen LogP contribution in [0, 0.1) is 6.92 Å². The fourth-order valence-electron chi connectivity index (χ4n) is 3.81.